The zero-order valence-electron chi connectivity index (χ0n) is 8.25. The number of nitrogens with two attached hydrogens (primary N) is 1. The van der Waals surface area contributed by atoms with Gasteiger partial charge < -0.3 is 11.1 Å². The molecule has 1 amide bonds. The molecule has 0 aliphatic carbocycles. The van der Waals surface area contributed by atoms with Crippen molar-refractivity contribution >= 4 is 15.7 Å². The number of primary amides is 1. The first-order valence-electron chi connectivity index (χ1n) is 4.67. The van der Waals surface area contributed by atoms with Gasteiger partial charge in [-0.3, -0.25) is 4.79 Å². The van der Waals surface area contributed by atoms with Crippen LogP contribution in [0.1, 0.15) is 19.8 Å². The van der Waals surface area contributed by atoms with Crippen molar-refractivity contribution < 1.29 is 13.2 Å². The Kier molecular flexibility index (Phi) is 3.16. The fourth-order valence-electron chi connectivity index (χ4n) is 1.87. The molecular weight excluding hydrogens is 204 g/mol. The smallest absolute Gasteiger partial charge is 0.238 e. The number of hydrogen-bond donors (Lipinski definition) is 2. The van der Waals surface area contributed by atoms with Gasteiger partial charge in [0.05, 0.1) is 11.5 Å². The van der Waals surface area contributed by atoms with Gasteiger partial charge in [-0.1, -0.05) is 6.92 Å². The molecule has 5 nitrogen and oxygen atoms in total. The molecule has 1 aliphatic rings. The lowest BCUT2D eigenvalue weighted by Crippen LogP contribution is -2.61. The molecule has 1 rings (SSSR count). The molecular formula is C8H16N2O3S. The molecule has 6 heteroatoms. The maximum Gasteiger partial charge on any atom is 0.238 e. The first-order chi connectivity index (χ1) is 6.42. The van der Waals surface area contributed by atoms with Gasteiger partial charge in [0, 0.05) is 0 Å². The Morgan fingerprint density at radius 3 is 2.64 bits per heavy atom. The highest BCUT2D eigenvalue weighted by molar-refractivity contribution is 7.91. The number of likely N-dealkylation sites (N-methyl/N-ethyl adjacent to an activating group) is 1. The van der Waals surface area contributed by atoms with Crippen molar-refractivity contribution in [1.82, 2.24) is 5.32 Å². The van der Waals surface area contributed by atoms with Gasteiger partial charge in [0.1, 0.15) is 5.54 Å². The van der Waals surface area contributed by atoms with Gasteiger partial charge >= 0.3 is 0 Å². The van der Waals surface area contributed by atoms with Crippen LogP contribution in [-0.2, 0) is 14.6 Å². The predicted molar refractivity (Wildman–Crippen MR) is 53.5 cm³/mol. The Hall–Kier alpha value is -0.620. The fourth-order valence-corrected chi connectivity index (χ4v) is 3.74. The van der Waals surface area contributed by atoms with Gasteiger partial charge in [-0.25, -0.2) is 8.42 Å². The van der Waals surface area contributed by atoms with Crippen molar-refractivity contribution in [2.24, 2.45) is 5.73 Å². The van der Waals surface area contributed by atoms with Crippen LogP contribution in [-0.4, -0.2) is 37.9 Å². The minimum atomic E-state index is -3.12. The van der Waals surface area contributed by atoms with Crippen molar-refractivity contribution in [1.29, 1.82) is 0 Å². The number of nitrogens with one attached hydrogen (secondary N) is 1. The van der Waals surface area contributed by atoms with Crippen molar-refractivity contribution in [2.45, 2.75) is 25.3 Å². The van der Waals surface area contributed by atoms with Crippen LogP contribution in [0.2, 0.25) is 0 Å². The molecule has 1 aliphatic heterocycles. The number of amides is 1. The van der Waals surface area contributed by atoms with Crippen LogP contribution in [0.25, 0.3) is 0 Å². The molecule has 1 atom stereocenters. The van der Waals surface area contributed by atoms with Crippen LogP contribution in [0, 0.1) is 0 Å². The highest BCUT2D eigenvalue weighted by atomic mass is 32.2. The third-order valence-corrected chi connectivity index (χ3v) is 4.36. The lowest BCUT2D eigenvalue weighted by atomic mass is 9.94. The first kappa shape index (κ1) is 11.5. The number of carbonyl (C=O) groups excluding carboxylic acids is 1. The largest absolute Gasteiger partial charge is 0.368 e. The second-order valence-corrected chi connectivity index (χ2v) is 5.86. The quantitative estimate of drug-likeness (QED) is 0.640. The van der Waals surface area contributed by atoms with Gasteiger partial charge in [0.25, 0.3) is 0 Å². The van der Waals surface area contributed by atoms with E-state index >= 15 is 0 Å². The maximum absolute atomic E-state index is 11.4. The summed E-state index contributed by atoms with van der Waals surface area (Å²) in [5, 5.41) is 2.90. The van der Waals surface area contributed by atoms with Crippen molar-refractivity contribution in [3.8, 4) is 0 Å². The van der Waals surface area contributed by atoms with E-state index in [1.165, 1.54) is 0 Å². The fraction of sp³-hybridized carbons (Fsp3) is 0.875. The van der Waals surface area contributed by atoms with Gasteiger partial charge in [-0.05, 0) is 19.4 Å². The number of carbonyl (C=O) groups is 1. The molecule has 1 heterocycles. The molecule has 82 valence electrons. The molecule has 0 spiro atoms. The standard InChI is InChI=1S/C8H16N2O3S/c1-2-10-8(7(9)11)4-3-5-14(12,13)6-8/h10H,2-6H2,1H3,(H2,9,11). The molecule has 0 saturated carbocycles. The number of sulfone groups is 1. The van der Waals surface area contributed by atoms with Crippen LogP contribution in [0.4, 0.5) is 0 Å². The summed E-state index contributed by atoms with van der Waals surface area (Å²) in [4.78, 5) is 11.2. The summed E-state index contributed by atoms with van der Waals surface area (Å²) in [6.45, 7) is 2.37. The van der Waals surface area contributed by atoms with E-state index in [0.717, 1.165) is 0 Å². The summed E-state index contributed by atoms with van der Waals surface area (Å²) in [5.41, 5.74) is 4.21. The summed E-state index contributed by atoms with van der Waals surface area (Å²) in [5.74, 6) is -0.570. The minimum absolute atomic E-state index is 0.160. The Balaban J connectivity index is 2.93. The zero-order chi connectivity index (χ0) is 10.8. The Labute approximate surface area is 84.0 Å². The number of rotatable bonds is 3. The first-order valence-corrected chi connectivity index (χ1v) is 6.49. The molecule has 1 saturated heterocycles. The van der Waals surface area contributed by atoms with E-state index < -0.39 is 21.3 Å². The SMILES string of the molecule is CCNC1(C(N)=O)CCCS(=O)(=O)C1. The lowest BCUT2D eigenvalue weighted by Gasteiger charge is -2.34. The van der Waals surface area contributed by atoms with E-state index in [4.69, 9.17) is 5.73 Å². The van der Waals surface area contributed by atoms with Crippen molar-refractivity contribution in [3.63, 3.8) is 0 Å². The predicted octanol–water partition coefficient (Wildman–Crippen LogP) is -0.971. The molecule has 0 radical (unpaired) electrons. The second-order valence-electron chi connectivity index (χ2n) is 3.67. The molecule has 0 aromatic rings. The molecule has 1 unspecified atom stereocenters. The molecule has 14 heavy (non-hydrogen) atoms. The van der Waals surface area contributed by atoms with Crippen molar-refractivity contribution in [3.05, 3.63) is 0 Å². The van der Waals surface area contributed by atoms with Gasteiger partial charge in [0.2, 0.25) is 5.91 Å². The molecule has 0 aromatic carbocycles. The number of hydrogen-bond acceptors (Lipinski definition) is 4. The Morgan fingerprint density at radius 2 is 2.21 bits per heavy atom. The molecule has 3 N–H and O–H groups in total. The van der Waals surface area contributed by atoms with Crippen LogP contribution in [0.3, 0.4) is 0 Å². The normalized spacial score (nSPS) is 31.2. The maximum atomic E-state index is 11.4. The average molecular weight is 220 g/mol. The summed E-state index contributed by atoms with van der Waals surface area (Å²) in [7, 11) is -3.12. The molecule has 1 fully saturated rings. The third-order valence-electron chi connectivity index (χ3n) is 2.51. The van der Waals surface area contributed by atoms with Crippen LogP contribution in [0.5, 0.6) is 0 Å². The van der Waals surface area contributed by atoms with E-state index in [-0.39, 0.29) is 11.5 Å². The average Bonchev–Trinajstić information content (AvgIpc) is 2.02. The molecule has 0 aromatic heterocycles. The Morgan fingerprint density at radius 1 is 1.57 bits per heavy atom. The third kappa shape index (κ3) is 2.24. The molecule has 0 bridgehead atoms. The van der Waals surface area contributed by atoms with Gasteiger partial charge in [0.15, 0.2) is 9.84 Å². The van der Waals surface area contributed by atoms with Crippen LogP contribution < -0.4 is 11.1 Å². The van der Waals surface area contributed by atoms with E-state index in [0.29, 0.717) is 19.4 Å². The lowest BCUT2D eigenvalue weighted by molar-refractivity contribution is -0.124. The van der Waals surface area contributed by atoms with Gasteiger partial charge in [-0.2, -0.15) is 0 Å². The summed E-state index contributed by atoms with van der Waals surface area (Å²) in [6.07, 6.45) is 1.01. The summed E-state index contributed by atoms with van der Waals surface area (Å²) < 4.78 is 22.8. The van der Waals surface area contributed by atoms with Crippen LogP contribution >= 0.6 is 0 Å². The van der Waals surface area contributed by atoms with E-state index in [9.17, 15) is 13.2 Å². The Bertz CT molecular complexity index is 321. The summed E-state index contributed by atoms with van der Waals surface area (Å²) >= 11 is 0. The highest BCUT2D eigenvalue weighted by Crippen LogP contribution is 2.22. The minimum Gasteiger partial charge on any atom is -0.368 e. The topological polar surface area (TPSA) is 89.3 Å². The van der Waals surface area contributed by atoms with E-state index in [1.807, 2.05) is 6.92 Å². The van der Waals surface area contributed by atoms with E-state index in [2.05, 4.69) is 5.32 Å². The monoisotopic (exact) mass is 220 g/mol. The zero-order valence-corrected chi connectivity index (χ0v) is 9.06. The highest BCUT2D eigenvalue weighted by Gasteiger charge is 2.43. The van der Waals surface area contributed by atoms with Gasteiger partial charge in [-0.15, -0.1) is 0 Å². The van der Waals surface area contributed by atoms with E-state index in [1.54, 1.807) is 0 Å². The summed E-state index contributed by atoms with van der Waals surface area (Å²) in [6, 6.07) is 0. The van der Waals surface area contributed by atoms with Crippen molar-refractivity contribution in [2.75, 3.05) is 18.1 Å². The van der Waals surface area contributed by atoms with Crippen LogP contribution in [0.15, 0.2) is 0 Å². The second kappa shape index (κ2) is 3.86.